The highest BCUT2D eigenvalue weighted by Crippen LogP contribution is 2.40. The van der Waals surface area contributed by atoms with Gasteiger partial charge < -0.3 is 0 Å². The number of hydrogen-bond donors (Lipinski definition) is 0. The highest BCUT2D eigenvalue weighted by molar-refractivity contribution is 8.38. The lowest BCUT2D eigenvalue weighted by Gasteiger charge is -2.36. The van der Waals surface area contributed by atoms with Gasteiger partial charge in [-0.25, -0.2) is 0 Å². The van der Waals surface area contributed by atoms with Crippen LogP contribution in [0.2, 0.25) is 0 Å². The van der Waals surface area contributed by atoms with Crippen LogP contribution in [0.5, 0.6) is 0 Å². The molecule has 0 radical (unpaired) electrons. The highest BCUT2D eigenvalue weighted by atomic mass is 32.2. The summed E-state index contributed by atoms with van der Waals surface area (Å²) in [5, 5.41) is 0.262. The maximum Gasteiger partial charge on any atom is 0.246 e. The Morgan fingerprint density at radius 1 is 1.23 bits per heavy atom. The van der Waals surface area contributed by atoms with E-state index in [0.29, 0.717) is 5.92 Å². The molecule has 1 rings (SSSR count). The van der Waals surface area contributed by atoms with Gasteiger partial charge in [-0.05, 0) is 48.2 Å². The van der Waals surface area contributed by atoms with E-state index >= 15 is 0 Å². The molecule has 1 aliphatic rings. The van der Waals surface area contributed by atoms with Gasteiger partial charge in [-0.1, -0.05) is 83.6 Å². The Morgan fingerprint density at radius 2 is 1.86 bits per heavy atom. The average molecular weight is 343 g/mol. The summed E-state index contributed by atoms with van der Waals surface area (Å²) in [7, 11) is 0. The molecule has 0 heterocycles. The van der Waals surface area contributed by atoms with Crippen LogP contribution >= 0.6 is 23.5 Å². The Kier molecular flexibility index (Phi) is 8.08. The first-order valence-electron chi connectivity index (χ1n) is 8.58. The van der Waals surface area contributed by atoms with Gasteiger partial charge in [0.1, 0.15) is 0 Å². The first-order chi connectivity index (χ1) is 10.1. The van der Waals surface area contributed by atoms with Crippen molar-refractivity contribution in [1.82, 2.24) is 0 Å². The van der Waals surface area contributed by atoms with E-state index in [1.54, 1.807) is 0 Å². The predicted molar refractivity (Wildman–Crippen MR) is 104 cm³/mol. The largest absolute Gasteiger partial charge is 0.274 e. The van der Waals surface area contributed by atoms with Gasteiger partial charge >= 0.3 is 0 Å². The molecule has 128 valence electrons. The monoisotopic (exact) mass is 342 g/mol. The van der Waals surface area contributed by atoms with Crippen molar-refractivity contribution in [2.75, 3.05) is 6.26 Å². The second-order valence-corrected chi connectivity index (χ2v) is 10.4. The summed E-state index contributed by atoms with van der Waals surface area (Å²) in [5.74, 6) is 3.06. The number of thioether (sulfide) groups is 2. The van der Waals surface area contributed by atoms with Gasteiger partial charge in [-0.2, -0.15) is 0 Å². The van der Waals surface area contributed by atoms with Crippen LogP contribution in [0.3, 0.4) is 0 Å². The maximum atomic E-state index is 11.8. The van der Waals surface area contributed by atoms with Gasteiger partial charge in [0, 0.05) is 5.25 Å². The number of rotatable bonds is 4. The fourth-order valence-electron chi connectivity index (χ4n) is 3.40. The molecule has 1 aliphatic carbocycles. The fourth-order valence-corrected chi connectivity index (χ4v) is 4.82. The molecular weight excluding hydrogens is 308 g/mol. The minimum atomic E-state index is 0.111. The lowest BCUT2D eigenvalue weighted by atomic mass is 9.70. The summed E-state index contributed by atoms with van der Waals surface area (Å²) >= 11 is 2.81. The Bertz CT molecular complexity index is 381. The first-order valence-corrected chi connectivity index (χ1v) is 10.7. The Hall–Kier alpha value is 0.110. The van der Waals surface area contributed by atoms with Crippen LogP contribution in [0.1, 0.15) is 60.8 Å². The smallest absolute Gasteiger partial charge is 0.246 e. The van der Waals surface area contributed by atoms with Crippen LogP contribution in [0.15, 0.2) is 12.2 Å². The summed E-state index contributed by atoms with van der Waals surface area (Å²) in [6.07, 6.45) is 10.7. The summed E-state index contributed by atoms with van der Waals surface area (Å²) < 4.78 is 0.224. The number of allylic oxidation sites excluding steroid dienone is 1. The fraction of sp³-hybridized carbons (Fsp3) is 0.842. The molecule has 22 heavy (non-hydrogen) atoms. The zero-order valence-electron chi connectivity index (χ0n) is 15.4. The van der Waals surface area contributed by atoms with E-state index in [1.807, 2.05) is 6.26 Å². The van der Waals surface area contributed by atoms with Gasteiger partial charge in [-0.3, -0.25) is 4.79 Å². The van der Waals surface area contributed by atoms with Crippen LogP contribution in [-0.2, 0) is 0 Å². The quantitative estimate of drug-likeness (QED) is 0.518. The number of hydrogen-bond acceptors (Lipinski definition) is 3. The minimum Gasteiger partial charge on any atom is -0.274 e. The molecule has 0 unspecified atom stereocenters. The van der Waals surface area contributed by atoms with Crippen molar-refractivity contribution in [2.45, 2.75) is 66.1 Å². The van der Waals surface area contributed by atoms with E-state index in [0.717, 1.165) is 17.8 Å². The average Bonchev–Trinajstić information content (AvgIpc) is 2.41. The van der Waals surface area contributed by atoms with E-state index in [4.69, 9.17) is 0 Å². The third-order valence-corrected chi connectivity index (χ3v) is 7.28. The third-order valence-electron chi connectivity index (χ3n) is 4.85. The predicted octanol–water partition coefficient (Wildman–Crippen LogP) is 6.88. The zero-order valence-corrected chi connectivity index (χ0v) is 17.0. The molecule has 0 N–H and O–H groups in total. The summed E-state index contributed by atoms with van der Waals surface area (Å²) in [4.78, 5) is 11.8. The minimum absolute atomic E-state index is 0.111. The Morgan fingerprint density at radius 3 is 2.36 bits per heavy atom. The van der Waals surface area contributed by atoms with Gasteiger partial charge in [0.15, 0.2) is 0 Å². The number of carbonyl (C=O) groups excluding carboxylic acids is 1. The summed E-state index contributed by atoms with van der Waals surface area (Å²) in [5.41, 5.74) is 0.111. The van der Waals surface area contributed by atoms with E-state index in [2.05, 4.69) is 53.7 Å². The lowest BCUT2D eigenvalue weighted by molar-refractivity contribution is 0.178. The van der Waals surface area contributed by atoms with Gasteiger partial charge in [0.05, 0.1) is 0 Å². The molecule has 0 aromatic carbocycles. The van der Waals surface area contributed by atoms with Crippen molar-refractivity contribution >= 4 is 28.0 Å². The van der Waals surface area contributed by atoms with Crippen LogP contribution < -0.4 is 0 Å². The van der Waals surface area contributed by atoms with E-state index < -0.39 is 0 Å². The van der Waals surface area contributed by atoms with Crippen LogP contribution in [0.4, 0.5) is 4.79 Å². The molecular formula is C19H34OS2. The second-order valence-electron chi connectivity index (χ2n) is 8.23. The summed E-state index contributed by atoms with van der Waals surface area (Å²) in [6, 6.07) is 0. The number of carbonyl (C=O) groups is 1. The topological polar surface area (TPSA) is 17.1 Å². The van der Waals surface area contributed by atoms with Crippen molar-refractivity contribution in [3.05, 3.63) is 12.2 Å². The molecule has 0 saturated heterocycles. The van der Waals surface area contributed by atoms with Gasteiger partial charge in [0.2, 0.25) is 4.45 Å². The molecule has 1 saturated carbocycles. The molecule has 4 atom stereocenters. The molecule has 1 nitrogen and oxygen atoms in total. The third kappa shape index (κ3) is 6.31. The second kappa shape index (κ2) is 8.82. The Labute approximate surface area is 146 Å². The van der Waals surface area contributed by atoms with Crippen molar-refractivity contribution < 1.29 is 4.79 Å². The molecule has 0 amide bonds. The van der Waals surface area contributed by atoms with Crippen LogP contribution in [-0.4, -0.2) is 16.0 Å². The van der Waals surface area contributed by atoms with Crippen LogP contribution in [0.25, 0.3) is 0 Å². The van der Waals surface area contributed by atoms with Crippen molar-refractivity contribution in [3.63, 3.8) is 0 Å². The lowest BCUT2D eigenvalue weighted by Crippen LogP contribution is -2.27. The normalized spacial score (nSPS) is 28.3. The molecule has 0 aromatic rings. The van der Waals surface area contributed by atoms with Crippen LogP contribution in [0, 0.1) is 29.1 Å². The van der Waals surface area contributed by atoms with Crippen molar-refractivity contribution in [2.24, 2.45) is 29.1 Å². The zero-order chi connectivity index (χ0) is 16.9. The van der Waals surface area contributed by atoms with E-state index in [9.17, 15) is 4.79 Å². The molecule has 0 aliphatic heterocycles. The van der Waals surface area contributed by atoms with Gasteiger partial charge in [-0.15, -0.1) is 0 Å². The maximum absolute atomic E-state index is 11.8. The SMILES string of the molecule is CSC(=O)S[C@H](/C=C/[C@@H]1C[C@H](C)CC[C@H]1C(C)C)C(C)(C)C. The standard InChI is InChI=1S/C19H34OS2/c1-13(2)16-10-8-14(3)12-15(16)9-11-17(19(4,5)6)22-18(20)21-7/h9,11,13-17H,8,10,12H2,1-7H3/b11-9+/t14-,15-,16+,17-/m1/s1. The molecule has 0 spiro atoms. The van der Waals surface area contributed by atoms with E-state index in [-0.39, 0.29) is 15.1 Å². The highest BCUT2D eigenvalue weighted by Gasteiger charge is 2.30. The van der Waals surface area contributed by atoms with Gasteiger partial charge in [0.25, 0.3) is 0 Å². The molecule has 3 heteroatoms. The molecule has 0 aromatic heterocycles. The van der Waals surface area contributed by atoms with Crippen molar-refractivity contribution in [3.8, 4) is 0 Å². The van der Waals surface area contributed by atoms with Crippen molar-refractivity contribution in [1.29, 1.82) is 0 Å². The first kappa shape index (κ1) is 20.2. The van der Waals surface area contributed by atoms with E-state index in [1.165, 1.54) is 42.8 Å². The molecule has 0 bridgehead atoms. The Balaban J connectivity index is 2.84. The molecule has 1 fully saturated rings. The summed E-state index contributed by atoms with van der Waals surface area (Å²) in [6.45, 7) is 13.8.